The minimum absolute atomic E-state index is 0.182. The lowest BCUT2D eigenvalue weighted by molar-refractivity contribution is 0.0926. The lowest BCUT2D eigenvalue weighted by Crippen LogP contribution is -2.48. The summed E-state index contributed by atoms with van der Waals surface area (Å²) >= 11 is 0. The molecule has 2 aliphatic rings. The monoisotopic (exact) mass is 350 g/mol. The Hall–Kier alpha value is -2.33. The van der Waals surface area contributed by atoms with Crippen LogP contribution in [0.4, 0.5) is 5.69 Å². The number of hydrogen-bond acceptors (Lipinski definition) is 4. The number of anilines is 1. The molecule has 2 heterocycles. The largest absolute Gasteiger partial charge is 0.490 e. The molecule has 2 aliphatic heterocycles. The molecule has 1 fully saturated rings. The molecule has 0 bridgehead atoms. The van der Waals surface area contributed by atoms with Gasteiger partial charge in [0.15, 0.2) is 5.78 Å². The third-order valence-corrected chi connectivity index (χ3v) is 5.70. The van der Waals surface area contributed by atoms with Crippen molar-refractivity contribution in [2.75, 3.05) is 37.6 Å². The Bertz CT molecular complexity index is 782. The van der Waals surface area contributed by atoms with Crippen LogP contribution in [0.2, 0.25) is 0 Å². The van der Waals surface area contributed by atoms with E-state index < -0.39 is 0 Å². The van der Waals surface area contributed by atoms with Crippen LogP contribution in [-0.2, 0) is 0 Å². The van der Waals surface area contributed by atoms with Gasteiger partial charge in [-0.1, -0.05) is 25.1 Å². The number of fused-ring (bicyclic) bond motifs is 1. The third-order valence-electron chi connectivity index (χ3n) is 5.70. The van der Waals surface area contributed by atoms with Crippen LogP contribution in [0.1, 0.15) is 35.7 Å². The lowest BCUT2D eigenvalue weighted by Gasteiger charge is -2.35. The summed E-state index contributed by atoms with van der Waals surface area (Å²) in [4.78, 5) is 17.4. The average Bonchev–Trinajstić information content (AvgIpc) is 2.96. The van der Waals surface area contributed by atoms with Gasteiger partial charge < -0.3 is 9.64 Å². The number of benzene rings is 2. The van der Waals surface area contributed by atoms with Gasteiger partial charge in [-0.15, -0.1) is 0 Å². The van der Waals surface area contributed by atoms with Gasteiger partial charge in [-0.3, -0.25) is 9.69 Å². The maximum atomic E-state index is 12.8. The fourth-order valence-corrected chi connectivity index (χ4v) is 3.84. The van der Waals surface area contributed by atoms with E-state index in [1.54, 1.807) is 0 Å². The first kappa shape index (κ1) is 17.1. The normalized spacial score (nSPS) is 22.8. The summed E-state index contributed by atoms with van der Waals surface area (Å²) in [6.45, 7) is 8.50. The minimum atomic E-state index is 0.182. The number of ketones is 1. The summed E-state index contributed by atoms with van der Waals surface area (Å²) in [5, 5.41) is 0. The first-order valence-corrected chi connectivity index (χ1v) is 9.48. The van der Waals surface area contributed by atoms with Gasteiger partial charge in [0, 0.05) is 48.9 Å². The van der Waals surface area contributed by atoms with Crippen molar-refractivity contribution in [2.24, 2.45) is 0 Å². The molecule has 4 nitrogen and oxygen atoms in total. The quantitative estimate of drug-likeness (QED) is 0.789. The molecule has 0 saturated carbocycles. The van der Waals surface area contributed by atoms with E-state index in [2.05, 4.69) is 47.9 Å². The number of nitrogens with zero attached hydrogens (tertiary/aromatic N) is 2. The maximum absolute atomic E-state index is 12.8. The standard InChI is InChI=1S/C22H26N2O2/c1-16-17(2)26-22-9-8-18(14-20(16)22)21(25)15-23-10-12-24(13-11-23)19-6-4-3-5-7-19/h3-9,14,16-17H,10-13,15H2,1-2H3. The van der Waals surface area contributed by atoms with Crippen molar-refractivity contribution in [3.05, 3.63) is 59.7 Å². The van der Waals surface area contributed by atoms with Gasteiger partial charge in [0.2, 0.25) is 0 Å². The second-order valence-electron chi connectivity index (χ2n) is 7.39. The molecule has 0 N–H and O–H groups in total. The molecule has 0 aromatic heterocycles. The predicted octanol–water partition coefficient (Wildman–Crippen LogP) is 3.58. The number of rotatable bonds is 4. The van der Waals surface area contributed by atoms with Crippen molar-refractivity contribution in [1.82, 2.24) is 4.90 Å². The molecule has 2 atom stereocenters. The Morgan fingerprint density at radius 3 is 2.50 bits per heavy atom. The fraction of sp³-hybridized carbons (Fsp3) is 0.409. The summed E-state index contributed by atoms with van der Waals surface area (Å²) in [5.41, 5.74) is 3.23. The van der Waals surface area contributed by atoms with Gasteiger partial charge in [0.25, 0.3) is 0 Å². The predicted molar refractivity (Wildman–Crippen MR) is 104 cm³/mol. The molecule has 4 heteroatoms. The average molecular weight is 350 g/mol. The molecule has 4 rings (SSSR count). The zero-order valence-corrected chi connectivity index (χ0v) is 15.5. The van der Waals surface area contributed by atoms with Crippen LogP contribution in [0.5, 0.6) is 5.75 Å². The first-order valence-electron chi connectivity index (χ1n) is 9.48. The molecule has 0 spiro atoms. The number of Topliss-reactive ketones (excluding diaryl/α,β-unsaturated/α-hetero) is 1. The number of carbonyl (C=O) groups is 1. The van der Waals surface area contributed by atoms with Crippen LogP contribution in [0, 0.1) is 0 Å². The van der Waals surface area contributed by atoms with E-state index in [1.165, 1.54) is 5.69 Å². The topological polar surface area (TPSA) is 32.8 Å². The van der Waals surface area contributed by atoms with Crippen LogP contribution in [0.15, 0.2) is 48.5 Å². The smallest absolute Gasteiger partial charge is 0.176 e. The highest BCUT2D eigenvalue weighted by Crippen LogP contribution is 2.38. The highest BCUT2D eigenvalue weighted by Gasteiger charge is 2.28. The van der Waals surface area contributed by atoms with Crippen molar-refractivity contribution in [1.29, 1.82) is 0 Å². The highest BCUT2D eigenvalue weighted by atomic mass is 16.5. The number of piperazine rings is 1. The van der Waals surface area contributed by atoms with E-state index in [1.807, 2.05) is 24.3 Å². The van der Waals surface area contributed by atoms with Crippen molar-refractivity contribution in [3.8, 4) is 5.75 Å². The van der Waals surface area contributed by atoms with E-state index in [-0.39, 0.29) is 11.9 Å². The molecular weight excluding hydrogens is 324 g/mol. The van der Waals surface area contributed by atoms with Gasteiger partial charge in [-0.2, -0.15) is 0 Å². The number of para-hydroxylation sites is 1. The van der Waals surface area contributed by atoms with Gasteiger partial charge in [0.1, 0.15) is 11.9 Å². The molecule has 2 aromatic rings. The third kappa shape index (κ3) is 3.34. The lowest BCUT2D eigenvalue weighted by atomic mass is 9.95. The molecule has 1 saturated heterocycles. The van der Waals surface area contributed by atoms with Gasteiger partial charge in [0.05, 0.1) is 6.54 Å². The van der Waals surface area contributed by atoms with Crippen molar-refractivity contribution in [2.45, 2.75) is 25.9 Å². The van der Waals surface area contributed by atoms with Gasteiger partial charge in [-0.05, 0) is 37.3 Å². The summed E-state index contributed by atoms with van der Waals surface area (Å²) in [6, 6.07) is 16.4. The van der Waals surface area contributed by atoms with E-state index in [9.17, 15) is 4.79 Å². The molecular formula is C22H26N2O2. The number of hydrogen-bond donors (Lipinski definition) is 0. The van der Waals surface area contributed by atoms with Gasteiger partial charge in [-0.25, -0.2) is 0 Å². The van der Waals surface area contributed by atoms with Gasteiger partial charge >= 0.3 is 0 Å². The van der Waals surface area contributed by atoms with Crippen molar-refractivity contribution in [3.63, 3.8) is 0 Å². The Kier molecular flexibility index (Phi) is 4.68. The highest BCUT2D eigenvalue weighted by molar-refractivity contribution is 5.98. The zero-order chi connectivity index (χ0) is 18.1. The first-order chi connectivity index (χ1) is 12.6. The Morgan fingerprint density at radius 1 is 1.04 bits per heavy atom. The summed E-state index contributed by atoms with van der Waals surface area (Å²) in [6.07, 6.45) is 0.182. The van der Waals surface area contributed by atoms with Crippen LogP contribution < -0.4 is 9.64 Å². The Balaban J connectivity index is 1.36. The van der Waals surface area contributed by atoms with Crippen molar-refractivity contribution < 1.29 is 9.53 Å². The second kappa shape index (κ2) is 7.12. The number of ether oxygens (including phenoxy) is 1. The van der Waals surface area contributed by atoms with Crippen LogP contribution >= 0.6 is 0 Å². The summed E-state index contributed by atoms with van der Waals surface area (Å²) in [5.74, 6) is 1.47. The molecule has 0 aliphatic carbocycles. The molecule has 2 unspecified atom stereocenters. The zero-order valence-electron chi connectivity index (χ0n) is 15.5. The van der Waals surface area contributed by atoms with Crippen LogP contribution in [0.25, 0.3) is 0 Å². The van der Waals surface area contributed by atoms with E-state index in [0.717, 1.165) is 43.1 Å². The summed E-state index contributed by atoms with van der Waals surface area (Å²) in [7, 11) is 0. The van der Waals surface area contributed by atoms with Crippen LogP contribution in [-0.4, -0.2) is 49.5 Å². The maximum Gasteiger partial charge on any atom is 0.176 e. The van der Waals surface area contributed by atoms with E-state index in [4.69, 9.17) is 4.74 Å². The van der Waals surface area contributed by atoms with E-state index in [0.29, 0.717) is 12.5 Å². The Morgan fingerprint density at radius 2 is 1.77 bits per heavy atom. The fourth-order valence-electron chi connectivity index (χ4n) is 3.84. The molecule has 26 heavy (non-hydrogen) atoms. The molecule has 2 aromatic carbocycles. The van der Waals surface area contributed by atoms with Crippen molar-refractivity contribution >= 4 is 11.5 Å². The number of carbonyl (C=O) groups excluding carboxylic acids is 1. The summed E-state index contributed by atoms with van der Waals surface area (Å²) < 4.78 is 5.83. The Labute approximate surface area is 155 Å². The van der Waals surface area contributed by atoms with Crippen LogP contribution in [0.3, 0.4) is 0 Å². The van der Waals surface area contributed by atoms with E-state index >= 15 is 0 Å². The molecule has 0 amide bonds. The molecule has 136 valence electrons. The SMILES string of the molecule is CC1Oc2ccc(C(=O)CN3CCN(c4ccccc4)CC3)cc2C1C. The second-order valence-corrected chi connectivity index (χ2v) is 7.39. The molecule has 0 radical (unpaired) electrons. The minimum Gasteiger partial charge on any atom is -0.490 e.